The van der Waals surface area contributed by atoms with Crippen LogP contribution in [-0.4, -0.2) is 41.8 Å². The van der Waals surface area contributed by atoms with E-state index < -0.39 is 28.5 Å². The van der Waals surface area contributed by atoms with E-state index in [2.05, 4.69) is 4.99 Å². The number of ether oxygens (including phenoxy) is 4. The number of benzene rings is 4. The molecule has 4 aromatic carbocycles. The maximum absolute atomic E-state index is 14.4. The van der Waals surface area contributed by atoms with Gasteiger partial charge < -0.3 is 18.9 Å². The van der Waals surface area contributed by atoms with Crippen LogP contribution in [0.5, 0.6) is 17.2 Å². The van der Waals surface area contributed by atoms with Crippen LogP contribution < -0.4 is 29.1 Å². The lowest BCUT2D eigenvalue weighted by molar-refractivity contribution is -0.384. The van der Waals surface area contributed by atoms with Gasteiger partial charge in [0.05, 0.1) is 52.7 Å². The van der Waals surface area contributed by atoms with Gasteiger partial charge in [-0.1, -0.05) is 47.7 Å². The molecular weight excluding hydrogens is 662 g/mol. The summed E-state index contributed by atoms with van der Waals surface area (Å²) in [5.41, 5.74) is 1.18. The van der Waals surface area contributed by atoms with E-state index in [1.807, 2.05) is 31.2 Å². The number of nitro benzene ring substituents is 1. The SMILES string of the molecule is CCOC(=O)C1=C(C)N=c2s/c(=C\c3c(OC(=O)c4ccc([N+](=O)[O-])cc4)ccc4ccccc34)c(=O)n2[C@@H]1c1ccc(OC)c(OCC)c1. The van der Waals surface area contributed by atoms with Crippen LogP contribution in [0.15, 0.2) is 99.9 Å². The standard InChI is InChI=1S/C37H31N3O9S/c1-5-47-30-19-24(14-18-29(30)46-4)33-32(36(43)48-6-2)21(3)38-37-39(33)34(41)31(50-37)20-27-26-10-8-7-9-22(26)13-17-28(27)49-35(42)23-11-15-25(16-12-23)40(44)45/h7-20,33H,5-6H2,1-4H3/b31-20-/t33-/m1/s1. The van der Waals surface area contributed by atoms with Crippen LogP contribution in [0.1, 0.15) is 48.3 Å². The number of fused-ring (bicyclic) bond motifs is 2. The van der Waals surface area contributed by atoms with Crippen molar-refractivity contribution < 1.29 is 33.5 Å². The Morgan fingerprint density at radius 3 is 2.40 bits per heavy atom. The number of non-ortho nitro benzene ring substituents is 1. The molecule has 6 rings (SSSR count). The molecule has 50 heavy (non-hydrogen) atoms. The second kappa shape index (κ2) is 14.2. The average molecular weight is 694 g/mol. The number of carbonyl (C=O) groups is 2. The van der Waals surface area contributed by atoms with Crippen molar-refractivity contribution in [3.8, 4) is 17.2 Å². The highest BCUT2D eigenvalue weighted by Gasteiger charge is 2.34. The molecule has 12 nitrogen and oxygen atoms in total. The van der Waals surface area contributed by atoms with E-state index in [4.69, 9.17) is 18.9 Å². The fourth-order valence-electron chi connectivity index (χ4n) is 5.76. The third-order valence-electron chi connectivity index (χ3n) is 8.04. The van der Waals surface area contributed by atoms with Crippen molar-refractivity contribution in [1.82, 2.24) is 4.57 Å². The van der Waals surface area contributed by atoms with Crippen LogP contribution in [-0.2, 0) is 9.53 Å². The normalized spacial score (nSPS) is 14.2. The number of rotatable bonds is 10. The van der Waals surface area contributed by atoms with E-state index in [1.54, 1.807) is 50.3 Å². The van der Waals surface area contributed by atoms with E-state index in [1.165, 1.54) is 35.9 Å². The van der Waals surface area contributed by atoms with Crippen LogP contribution in [0, 0.1) is 10.1 Å². The Bertz CT molecular complexity index is 2380. The number of nitro groups is 1. The number of carbonyl (C=O) groups excluding carboxylic acids is 2. The molecule has 1 atom stereocenters. The van der Waals surface area contributed by atoms with Crippen LogP contribution in [0.2, 0.25) is 0 Å². The highest BCUT2D eigenvalue weighted by Crippen LogP contribution is 2.36. The molecule has 0 aliphatic carbocycles. The highest BCUT2D eigenvalue weighted by atomic mass is 32.1. The quantitative estimate of drug-likeness (QED) is 0.0802. The molecule has 1 aliphatic rings. The van der Waals surface area contributed by atoms with E-state index in [0.717, 1.165) is 16.7 Å². The Balaban J connectivity index is 1.53. The third-order valence-corrected chi connectivity index (χ3v) is 9.03. The predicted molar refractivity (Wildman–Crippen MR) is 187 cm³/mol. The summed E-state index contributed by atoms with van der Waals surface area (Å²) in [6.07, 6.45) is 1.64. The minimum absolute atomic E-state index is 0.113. The monoisotopic (exact) mass is 693 g/mol. The minimum Gasteiger partial charge on any atom is -0.493 e. The third kappa shape index (κ3) is 6.38. The van der Waals surface area contributed by atoms with Crippen molar-refractivity contribution in [3.05, 3.63) is 137 Å². The van der Waals surface area contributed by atoms with Gasteiger partial charge in [-0.3, -0.25) is 19.5 Å². The molecular formula is C37H31N3O9S. The molecule has 0 spiro atoms. The molecule has 0 unspecified atom stereocenters. The number of esters is 2. The molecule has 254 valence electrons. The number of methoxy groups -OCH3 is 1. The summed E-state index contributed by atoms with van der Waals surface area (Å²) in [7, 11) is 1.53. The second-order valence-electron chi connectivity index (χ2n) is 11.0. The van der Waals surface area contributed by atoms with Crippen LogP contribution in [0.4, 0.5) is 5.69 Å². The van der Waals surface area contributed by atoms with Gasteiger partial charge in [0.1, 0.15) is 5.75 Å². The van der Waals surface area contributed by atoms with Gasteiger partial charge in [-0.05, 0) is 73.5 Å². The number of hydrogen-bond donors (Lipinski definition) is 0. The van der Waals surface area contributed by atoms with Crippen molar-refractivity contribution in [3.63, 3.8) is 0 Å². The van der Waals surface area contributed by atoms with Crippen molar-refractivity contribution in [2.24, 2.45) is 4.99 Å². The molecule has 2 heterocycles. The van der Waals surface area contributed by atoms with Gasteiger partial charge in [0.15, 0.2) is 16.3 Å². The van der Waals surface area contributed by atoms with E-state index in [9.17, 15) is 24.5 Å². The first kappa shape index (κ1) is 33.8. The summed E-state index contributed by atoms with van der Waals surface area (Å²) in [6.45, 7) is 5.74. The summed E-state index contributed by atoms with van der Waals surface area (Å²) < 4.78 is 24.3. The van der Waals surface area contributed by atoms with Gasteiger partial charge in [-0.15, -0.1) is 0 Å². The van der Waals surface area contributed by atoms with Crippen molar-refractivity contribution in [2.75, 3.05) is 20.3 Å². The maximum Gasteiger partial charge on any atom is 0.343 e. The van der Waals surface area contributed by atoms with Crippen LogP contribution in [0.3, 0.4) is 0 Å². The Kier molecular flexibility index (Phi) is 9.59. The number of aromatic nitrogens is 1. The van der Waals surface area contributed by atoms with Gasteiger partial charge in [0, 0.05) is 17.7 Å². The fraction of sp³-hybridized carbons (Fsp3) is 0.189. The number of allylic oxidation sites excluding steroid dienone is 1. The lowest BCUT2D eigenvalue weighted by Gasteiger charge is -2.25. The maximum atomic E-state index is 14.4. The summed E-state index contributed by atoms with van der Waals surface area (Å²) in [5.74, 6) is -0.216. The Morgan fingerprint density at radius 1 is 0.960 bits per heavy atom. The van der Waals surface area contributed by atoms with Gasteiger partial charge in [-0.2, -0.15) is 0 Å². The Morgan fingerprint density at radius 2 is 1.70 bits per heavy atom. The molecule has 1 aromatic heterocycles. The van der Waals surface area contributed by atoms with Crippen molar-refractivity contribution in [2.45, 2.75) is 26.8 Å². The summed E-state index contributed by atoms with van der Waals surface area (Å²) in [6, 6.07) is 20.3. The molecule has 0 amide bonds. The first-order chi connectivity index (χ1) is 24.1. The summed E-state index contributed by atoms with van der Waals surface area (Å²) in [4.78, 5) is 56.6. The molecule has 0 fully saturated rings. The second-order valence-corrected chi connectivity index (χ2v) is 12.0. The molecule has 1 aliphatic heterocycles. The van der Waals surface area contributed by atoms with E-state index >= 15 is 0 Å². The van der Waals surface area contributed by atoms with Gasteiger partial charge in [0.2, 0.25) is 0 Å². The Hall–Kier alpha value is -6.08. The number of hydrogen-bond acceptors (Lipinski definition) is 11. The minimum atomic E-state index is -0.899. The van der Waals surface area contributed by atoms with Crippen LogP contribution in [0.25, 0.3) is 16.8 Å². The summed E-state index contributed by atoms with van der Waals surface area (Å²) in [5, 5.41) is 12.6. The molecule has 13 heteroatoms. The number of nitrogens with zero attached hydrogens (tertiary/aromatic N) is 3. The zero-order chi connectivity index (χ0) is 35.5. The molecule has 5 aromatic rings. The molecule has 0 bridgehead atoms. The van der Waals surface area contributed by atoms with Crippen molar-refractivity contribution in [1.29, 1.82) is 0 Å². The lowest BCUT2D eigenvalue weighted by atomic mass is 9.95. The number of thiazole rings is 1. The molecule has 0 saturated heterocycles. The van der Waals surface area contributed by atoms with Gasteiger partial charge >= 0.3 is 11.9 Å². The first-order valence-electron chi connectivity index (χ1n) is 15.6. The summed E-state index contributed by atoms with van der Waals surface area (Å²) >= 11 is 1.13. The lowest BCUT2D eigenvalue weighted by Crippen LogP contribution is -2.40. The molecule has 0 saturated carbocycles. The predicted octanol–water partition coefficient (Wildman–Crippen LogP) is 5.49. The molecule has 0 radical (unpaired) electrons. The van der Waals surface area contributed by atoms with Gasteiger partial charge in [0.25, 0.3) is 11.2 Å². The van der Waals surface area contributed by atoms with E-state index in [-0.39, 0.29) is 33.7 Å². The Labute approximate surface area is 289 Å². The largest absolute Gasteiger partial charge is 0.493 e. The first-order valence-corrected chi connectivity index (χ1v) is 16.5. The molecule has 0 N–H and O–H groups in total. The van der Waals surface area contributed by atoms with Crippen LogP contribution >= 0.6 is 11.3 Å². The van der Waals surface area contributed by atoms with Gasteiger partial charge in [-0.25, -0.2) is 14.6 Å². The van der Waals surface area contributed by atoms with Crippen molar-refractivity contribution >= 4 is 45.8 Å². The van der Waals surface area contributed by atoms with E-state index in [0.29, 0.717) is 45.1 Å². The smallest absolute Gasteiger partial charge is 0.343 e. The average Bonchev–Trinajstić information content (AvgIpc) is 3.42. The zero-order valence-electron chi connectivity index (χ0n) is 27.5. The topological polar surface area (TPSA) is 149 Å². The zero-order valence-corrected chi connectivity index (χ0v) is 28.3. The highest BCUT2D eigenvalue weighted by molar-refractivity contribution is 7.07. The fourth-order valence-corrected chi connectivity index (χ4v) is 6.79.